The van der Waals surface area contributed by atoms with Gasteiger partial charge in [0.15, 0.2) is 0 Å². The summed E-state index contributed by atoms with van der Waals surface area (Å²) in [5.41, 5.74) is 2.18. The van der Waals surface area contributed by atoms with E-state index >= 15 is 0 Å². The fraction of sp³-hybridized carbons (Fsp3) is 0.188. The molecule has 0 spiro atoms. The van der Waals surface area contributed by atoms with E-state index in [1.165, 1.54) is 12.1 Å². The number of amides is 1. The van der Waals surface area contributed by atoms with Crippen LogP contribution < -0.4 is 10.2 Å². The molecule has 0 heterocycles. The summed E-state index contributed by atoms with van der Waals surface area (Å²) in [6.07, 6.45) is 0. The molecular weight excluding hydrogens is 282 g/mol. The average molecular weight is 299 g/mol. The molecular formula is C16H17N3O3. The van der Waals surface area contributed by atoms with E-state index in [0.717, 1.165) is 5.69 Å². The number of nitro benzene ring substituents is 1. The second kappa shape index (κ2) is 6.26. The molecule has 2 aromatic rings. The Morgan fingerprint density at radius 3 is 2.50 bits per heavy atom. The molecule has 0 atom stereocenters. The van der Waals surface area contributed by atoms with Crippen molar-refractivity contribution in [3.8, 4) is 0 Å². The Kier molecular flexibility index (Phi) is 4.41. The standard InChI is InChI=1S/C16H17N3O3/c1-11-14(8-5-9-15(11)19(21)22)16(20)17-12-6-4-7-13(10-12)18(2)3/h4-10H,1-3H3,(H,17,20). The van der Waals surface area contributed by atoms with Crippen molar-refractivity contribution >= 4 is 23.0 Å². The van der Waals surface area contributed by atoms with Gasteiger partial charge in [0.05, 0.1) is 4.92 Å². The van der Waals surface area contributed by atoms with Crippen LogP contribution in [0.25, 0.3) is 0 Å². The van der Waals surface area contributed by atoms with Crippen molar-refractivity contribution < 1.29 is 9.72 Å². The van der Waals surface area contributed by atoms with Crippen molar-refractivity contribution in [3.63, 3.8) is 0 Å². The number of benzene rings is 2. The number of nitro groups is 1. The lowest BCUT2D eigenvalue weighted by molar-refractivity contribution is -0.385. The van der Waals surface area contributed by atoms with E-state index in [0.29, 0.717) is 16.8 Å². The van der Waals surface area contributed by atoms with Gasteiger partial charge < -0.3 is 10.2 Å². The highest BCUT2D eigenvalue weighted by molar-refractivity contribution is 6.06. The van der Waals surface area contributed by atoms with Gasteiger partial charge in [-0.05, 0) is 31.2 Å². The van der Waals surface area contributed by atoms with Crippen LogP contribution in [-0.4, -0.2) is 24.9 Å². The summed E-state index contributed by atoms with van der Waals surface area (Å²) in [6, 6.07) is 11.9. The fourth-order valence-electron chi connectivity index (χ4n) is 2.13. The summed E-state index contributed by atoms with van der Waals surface area (Å²) in [6.45, 7) is 1.57. The number of carbonyl (C=O) groups excluding carboxylic acids is 1. The number of nitrogens with zero attached hydrogens (tertiary/aromatic N) is 2. The number of hydrogen-bond donors (Lipinski definition) is 1. The van der Waals surface area contributed by atoms with Crippen molar-refractivity contribution in [2.45, 2.75) is 6.92 Å². The van der Waals surface area contributed by atoms with Crippen LogP contribution >= 0.6 is 0 Å². The minimum Gasteiger partial charge on any atom is -0.378 e. The van der Waals surface area contributed by atoms with Gasteiger partial charge in [-0.3, -0.25) is 14.9 Å². The normalized spacial score (nSPS) is 10.1. The molecule has 0 saturated carbocycles. The summed E-state index contributed by atoms with van der Waals surface area (Å²) in [5.74, 6) is -0.364. The summed E-state index contributed by atoms with van der Waals surface area (Å²) in [4.78, 5) is 24.7. The Bertz CT molecular complexity index is 726. The molecule has 0 aliphatic rings. The SMILES string of the molecule is Cc1c(C(=O)Nc2cccc(N(C)C)c2)cccc1[N+](=O)[O-]. The molecule has 2 rings (SSSR count). The molecule has 0 radical (unpaired) electrons. The van der Waals surface area contributed by atoms with E-state index in [-0.39, 0.29) is 11.6 Å². The van der Waals surface area contributed by atoms with Gasteiger partial charge in [0, 0.05) is 42.7 Å². The fourth-order valence-corrected chi connectivity index (χ4v) is 2.13. The maximum absolute atomic E-state index is 12.3. The van der Waals surface area contributed by atoms with Crippen LogP contribution in [0, 0.1) is 17.0 Å². The third-order valence-corrected chi connectivity index (χ3v) is 3.37. The van der Waals surface area contributed by atoms with Crippen LogP contribution in [0.2, 0.25) is 0 Å². The summed E-state index contributed by atoms with van der Waals surface area (Å²) >= 11 is 0. The van der Waals surface area contributed by atoms with Crippen LogP contribution in [0.5, 0.6) is 0 Å². The van der Waals surface area contributed by atoms with Crippen molar-refractivity contribution in [2.24, 2.45) is 0 Å². The lowest BCUT2D eigenvalue weighted by Crippen LogP contribution is -2.15. The summed E-state index contributed by atoms with van der Waals surface area (Å²) in [5, 5.41) is 13.7. The summed E-state index contributed by atoms with van der Waals surface area (Å²) in [7, 11) is 3.82. The predicted octanol–water partition coefficient (Wildman–Crippen LogP) is 3.22. The Morgan fingerprint density at radius 1 is 1.18 bits per heavy atom. The highest BCUT2D eigenvalue weighted by atomic mass is 16.6. The quantitative estimate of drug-likeness (QED) is 0.694. The van der Waals surface area contributed by atoms with Crippen molar-refractivity contribution in [2.75, 3.05) is 24.3 Å². The highest BCUT2D eigenvalue weighted by Crippen LogP contribution is 2.23. The number of carbonyl (C=O) groups is 1. The topological polar surface area (TPSA) is 75.5 Å². The van der Waals surface area contributed by atoms with Crippen LogP contribution in [-0.2, 0) is 0 Å². The molecule has 6 nitrogen and oxygen atoms in total. The van der Waals surface area contributed by atoms with Crippen LogP contribution in [0.15, 0.2) is 42.5 Å². The molecule has 1 amide bonds. The molecule has 0 aliphatic carbocycles. The zero-order chi connectivity index (χ0) is 16.3. The van der Waals surface area contributed by atoms with Gasteiger partial charge in [0.1, 0.15) is 0 Å². The molecule has 0 unspecified atom stereocenters. The molecule has 6 heteroatoms. The number of anilines is 2. The van der Waals surface area contributed by atoms with Gasteiger partial charge in [-0.1, -0.05) is 12.1 Å². The van der Waals surface area contributed by atoms with Gasteiger partial charge in [-0.15, -0.1) is 0 Å². The zero-order valence-corrected chi connectivity index (χ0v) is 12.7. The van der Waals surface area contributed by atoms with E-state index in [2.05, 4.69) is 5.32 Å². The number of rotatable bonds is 4. The van der Waals surface area contributed by atoms with E-state index < -0.39 is 4.92 Å². The largest absolute Gasteiger partial charge is 0.378 e. The lowest BCUT2D eigenvalue weighted by Gasteiger charge is -2.14. The van der Waals surface area contributed by atoms with Crippen molar-refractivity contribution in [1.82, 2.24) is 0 Å². The molecule has 114 valence electrons. The van der Waals surface area contributed by atoms with E-state index in [4.69, 9.17) is 0 Å². The van der Waals surface area contributed by atoms with Gasteiger partial charge in [-0.25, -0.2) is 0 Å². The Hall–Kier alpha value is -2.89. The van der Waals surface area contributed by atoms with Crippen molar-refractivity contribution in [1.29, 1.82) is 0 Å². The molecule has 2 aromatic carbocycles. The Morgan fingerprint density at radius 2 is 1.86 bits per heavy atom. The first kappa shape index (κ1) is 15.5. The first-order chi connectivity index (χ1) is 10.4. The van der Waals surface area contributed by atoms with E-state index in [9.17, 15) is 14.9 Å². The average Bonchev–Trinajstić information content (AvgIpc) is 2.47. The third-order valence-electron chi connectivity index (χ3n) is 3.37. The minimum absolute atomic E-state index is 0.0605. The van der Waals surface area contributed by atoms with Crippen LogP contribution in [0.3, 0.4) is 0 Å². The summed E-state index contributed by atoms with van der Waals surface area (Å²) < 4.78 is 0. The number of nitrogens with one attached hydrogen (secondary N) is 1. The Labute approximate surface area is 128 Å². The van der Waals surface area contributed by atoms with Gasteiger partial charge in [-0.2, -0.15) is 0 Å². The maximum Gasteiger partial charge on any atom is 0.273 e. The first-order valence-corrected chi connectivity index (χ1v) is 6.73. The third kappa shape index (κ3) is 3.22. The van der Waals surface area contributed by atoms with Crippen LogP contribution in [0.4, 0.5) is 17.1 Å². The maximum atomic E-state index is 12.3. The van der Waals surface area contributed by atoms with Crippen LogP contribution in [0.1, 0.15) is 15.9 Å². The predicted molar refractivity (Wildman–Crippen MR) is 86.6 cm³/mol. The van der Waals surface area contributed by atoms with Crippen molar-refractivity contribution in [3.05, 3.63) is 63.7 Å². The zero-order valence-electron chi connectivity index (χ0n) is 12.7. The Balaban J connectivity index is 2.28. The minimum atomic E-state index is -0.487. The smallest absolute Gasteiger partial charge is 0.273 e. The molecule has 0 saturated heterocycles. The molecule has 0 aliphatic heterocycles. The second-order valence-electron chi connectivity index (χ2n) is 5.11. The van der Waals surface area contributed by atoms with Gasteiger partial charge in [0.2, 0.25) is 0 Å². The lowest BCUT2D eigenvalue weighted by atomic mass is 10.1. The van der Waals surface area contributed by atoms with Gasteiger partial charge >= 0.3 is 0 Å². The molecule has 22 heavy (non-hydrogen) atoms. The van der Waals surface area contributed by atoms with E-state index in [1.807, 2.05) is 37.2 Å². The number of hydrogen-bond acceptors (Lipinski definition) is 4. The highest BCUT2D eigenvalue weighted by Gasteiger charge is 2.18. The molecule has 0 fully saturated rings. The second-order valence-corrected chi connectivity index (χ2v) is 5.11. The molecule has 0 bridgehead atoms. The van der Waals surface area contributed by atoms with E-state index in [1.54, 1.807) is 19.1 Å². The molecule has 0 aromatic heterocycles. The first-order valence-electron chi connectivity index (χ1n) is 6.73. The van der Waals surface area contributed by atoms with Gasteiger partial charge in [0.25, 0.3) is 11.6 Å². The monoisotopic (exact) mass is 299 g/mol. The molecule has 1 N–H and O–H groups in total.